The molecule has 0 fully saturated rings. The van der Waals surface area contributed by atoms with Gasteiger partial charge in [-0.3, -0.25) is 0 Å². The van der Waals surface area contributed by atoms with Crippen LogP contribution in [-0.4, -0.2) is 0 Å². The van der Waals surface area contributed by atoms with Crippen molar-refractivity contribution in [3.05, 3.63) is 65.3 Å². The minimum Gasteiger partial charge on any atom is -0.0999 e. The molecular weight excluding hydrogens is 300 g/mol. The first kappa shape index (κ1) is 18.0. The van der Waals surface area contributed by atoms with E-state index in [9.17, 15) is 0 Å². The van der Waals surface area contributed by atoms with E-state index in [4.69, 9.17) is 0 Å². The third kappa shape index (κ3) is 4.06. The Kier molecular flexibility index (Phi) is 6.13. The number of aryl methyl sites for hydroxylation is 1. The van der Waals surface area contributed by atoms with Crippen molar-refractivity contribution in [2.24, 2.45) is 0 Å². The lowest BCUT2D eigenvalue weighted by atomic mass is 9.85. The van der Waals surface area contributed by atoms with Gasteiger partial charge in [0.25, 0.3) is 0 Å². The molecule has 3 rings (SSSR count). The van der Waals surface area contributed by atoms with Gasteiger partial charge in [0, 0.05) is 0 Å². The van der Waals surface area contributed by atoms with Gasteiger partial charge in [0.1, 0.15) is 0 Å². The van der Waals surface area contributed by atoms with Crippen molar-refractivity contribution in [3.8, 4) is 0 Å². The number of hydrogen-bond donors (Lipinski definition) is 0. The molecule has 132 valence electrons. The van der Waals surface area contributed by atoms with Gasteiger partial charge in [0.15, 0.2) is 0 Å². The SMILES string of the molecule is C=C1CCCC/C(c2ccc3ccccc3c2CCC)=C(/CC)CC1. The maximum atomic E-state index is 4.29. The van der Waals surface area contributed by atoms with Crippen LogP contribution in [0.2, 0.25) is 0 Å². The molecule has 0 radical (unpaired) electrons. The van der Waals surface area contributed by atoms with Gasteiger partial charge in [-0.2, -0.15) is 0 Å². The van der Waals surface area contributed by atoms with Crippen LogP contribution in [0.1, 0.15) is 76.3 Å². The van der Waals surface area contributed by atoms with E-state index in [-0.39, 0.29) is 0 Å². The zero-order valence-corrected chi connectivity index (χ0v) is 16.0. The number of fused-ring (bicyclic) bond motifs is 1. The van der Waals surface area contributed by atoms with Crippen LogP contribution in [0.3, 0.4) is 0 Å². The summed E-state index contributed by atoms with van der Waals surface area (Å²) in [6, 6.07) is 13.6. The zero-order valence-electron chi connectivity index (χ0n) is 16.0. The summed E-state index contributed by atoms with van der Waals surface area (Å²) in [5, 5.41) is 2.83. The topological polar surface area (TPSA) is 0 Å². The number of allylic oxidation sites excluding steroid dienone is 3. The van der Waals surface area contributed by atoms with Gasteiger partial charge < -0.3 is 0 Å². The van der Waals surface area contributed by atoms with Crippen molar-refractivity contribution in [2.75, 3.05) is 0 Å². The highest BCUT2D eigenvalue weighted by Gasteiger charge is 2.16. The fourth-order valence-corrected chi connectivity index (χ4v) is 4.31. The fraction of sp³-hybridized carbons (Fsp3) is 0.440. The molecule has 1 aliphatic rings. The van der Waals surface area contributed by atoms with E-state index >= 15 is 0 Å². The van der Waals surface area contributed by atoms with Gasteiger partial charge in [-0.15, -0.1) is 0 Å². The van der Waals surface area contributed by atoms with Gasteiger partial charge in [-0.1, -0.05) is 74.4 Å². The Morgan fingerprint density at radius 1 is 0.880 bits per heavy atom. The van der Waals surface area contributed by atoms with Crippen molar-refractivity contribution in [3.63, 3.8) is 0 Å². The Labute approximate surface area is 153 Å². The van der Waals surface area contributed by atoms with Crippen molar-refractivity contribution in [1.29, 1.82) is 0 Å². The van der Waals surface area contributed by atoms with Crippen LogP contribution in [0.5, 0.6) is 0 Å². The first-order valence-corrected chi connectivity index (χ1v) is 10.1. The monoisotopic (exact) mass is 332 g/mol. The van der Waals surface area contributed by atoms with Gasteiger partial charge in [0.2, 0.25) is 0 Å². The van der Waals surface area contributed by atoms with E-state index in [1.54, 1.807) is 16.7 Å². The highest BCUT2D eigenvalue weighted by atomic mass is 14.2. The lowest BCUT2D eigenvalue weighted by Gasteiger charge is -2.19. The normalized spacial score (nSPS) is 19.5. The average molecular weight is 333 g/mol. The molecule has 0 unspecified atom stereocenters. The van der Waals surface area contributed by atoms with Crippen molar-refractivity contribution in [2.45, 2.75) is 71.6 Å². The molecule has 1 aliphatic carbocycles. The Bertz CT molecular complexity index is 776. The second-order valence-electron chi connectivity index (χ2n) is 7.46. The minimum absolute atomic E-state index is 1.17. The van der Waals surface area contributed by atoms with Crippen LogP contribution in [-0.2, 0) is 6.42 Å². The Morgan fingerprint density at radius 3 is 2.48 bits per heavy atom. The highest BCUT2D eigenvalue weighted by molar-refractivity contribution is 5.91. The van der Waals surface area contributed by atoms with E-state index in [0.29, 0.717) is 0 Å². The van der Waals surface area contributed by atoms with Crippen molar-refractivity contribution in [1.82, 2.24) is 0 Å². The molecule has 0 heterocycles. The molecule has 0 aliphatic heterocycles. The molecule has 0 atom stereocenters. The number of benzene rings is 2. The molecule has 0 spiro atoms. The van der Waals surface area contributed by atoms with Crippen LogP contribution < -0.4 is 0 Å². The predicted molar refractivity (Wildman–Crippen MR) is 112 cm³/mol. The van der Waals surface area contributed by atoms with Crippen molar-refractivity contribution >= 4 is 16.3 Å². The van der Waals surface area contributed by atoms with Crippen LogP contribution >= 0.6 is 0 Å². The molecule has 0 saturated carbocycles. The molecule has 25 heavy (non-hydrogen) atoms. The van der Waals surface area contributed by atoms with E-state index < -0.39 is 0 Å². The third-order valence-corrected chi connectivity index (χ3v) is 5.71. The highest BCUT2D eigenvalue weighted by Crippen LogP contribution is 2.37. The third-order valence-electron chi connectivity index (χ3n) is 5.71. The molecule has 0 amide bonds. The summed E-state index contributed by atoms with van der Waals surface area (Å²) in [7, 11) is 0. The van der Waals surface area contributed by atoms with Crippen LogP contribution in [0.15, 0.2) is 54.1 Å². The largest absolute Gasteiger partial charge is 0.0999 e. The molecule has 2 aromatic carbocycles. The molecule has 0 nitrogen and oxygen atoms in total. The van der Waals surface area contributed by atoms with Crippen LogP contribution in [0, 0.1) is 0 Å². The van der Waals surface area contributed by atoms with E-state index in [0.717, 1.165) is 0 Å². The maximum Gasteiger partial charge on any atom is -0.0146 e. The molecular formula is C25H32. The summed E-state index contributed by atoms with van der Waals surface area (Å²) in [5.74, 6) is 0. The fourth-order valence-electron chi connectivity index (χ4n) is 4.31. The van der Waals surface area contributed by atoms with Crippen LogP contribution in [0.4, 0.5) is 0 Å². The standard InChI is InChI=1S/C25H32/c1-4-10-24-23-14-9-7-12-21(23)17-18-25(24)22-13-8-6-11-19(3)15-16-20(22)5-2/h7,9,12,14,17-18H,3-6,8,10-11,13,15-16H2,1-2H3/b22-20+. The van der Waals surface area contributed by atoms with E-state index in [2.05, 4.69) is 56.8 Å². The summed E-state index contributed by atoms with van der Waals surface area (Å²) < 4.78 is 0. The lowest BCUT2D eigenvalue weighted by Crippen LogP contribution is -1.99. The molecule has 2 aromatic rings. The number of hydrogen-bond acceptors (Lipinski definition) is 0. The average Bonchev–Trinajstić information content (AvgIpc) is 2.73. The van der Waals surface area contributed by atoms with Gasteiger partial charge in [-0.05, 0) is 78.8 Å². The smallest absolute Gasteiger partial charge is 0.0146 e. The lowest BCUT2D eigenvalue weighted by molar-refractivity contribution is 0.735. The summed E-state index contributed by atoms with van der Waals surface area (Å²) in [6.45, 7) is 8.92. The predicted octanol–water partition coefficient (Wildman–Crippen LogP) is 7.87. The van der Waals surface area contributed by atoms with E-state index in [1.165, 1.54) is 79.7 Å². The van der Waals surface area contributed by atoms with Crippen molar-refractivity contribution < 1.29 is 0 Å². The summed E-state index contributed by atoms with van der Waals surface area (Å²) in [6.07, 6.45) is 10.9. The molecule has 0 bridgehead atoms. The molecule has 0 N–H and O–H groups in total. The van der Waals surface area contributed by atoms with Gasteiger partial charge in [-0.25, -0.2) is 0 Å². The Balaban J connectivity index is 2.15. The molecule has 0 saturated heterocycles. The zero-order chi connectivity index (χ0) is 17.6. The summed E-state index contributed by atoms with van der Waals surface area (Å²) >= 11 is 0. The second kappa shape index (κ2) is 8.52. The summed E-state index contributed by atoms with van der Waals surface area (Å²) in [4.78, 5) is 0. The quantitative estimate of drug-likeness (QED) is 0.500. The Hall–Kier alpha value is -1.82. The molecule has 0 heteroatoms. The second-order valence-corrected chi connectivity index (χ2v) is 7.46. The maximum absolute atomic E-state index is 4.29. The Morgan fingerprint density at radius 2 is 1.68 bits per heavy atom. The minimum atomic E-state index is 1.17. The van der Waals surface area contributed by atoms with E-state index in [1.807, 2.05) is 0 Å². The van der Waals surface area contributed by atoms with Gasteiger partial charge >= 0.3 is 0 Å². The number of rotatable bonds is 4. The molecule has 0 aromatic heterocycles. The first-order valence-electron chi connectivity index (χ1n) is 10.1. The first-order chi connectivity index (χ1) is 12.2. The van der Waals surface area contributed by atoms with Crippen LogP contribution in [0.25, 0.3) is 16.3 Å². The summed E-state index contributed by atoms with van der Waals surface area (Å²) in [5.41, 5.74) is 7.85. The van der Waals surface area contributed by atoms with Gasteiger partial charge in [0.05, 0.1) is 0 Å².